The van der Waals surface area contributed by atoms with Crippen molar-refractivity contribution in [1.82, 2.24) is 5.01 Å². The fourth-order valence-corrected chi connectivity index (χ4v) is 3.78. The van der Waals surface area contributed by atoms with Gasteiger partial charge >= 0.3 is 0 Å². The van der Waals surface area contributed by atoms with Crippen LogP contribution in [0.3, 0.4) is 0 Å². The van der Waals surface area contributed by atoms with Crippen LogP contribution in [-0.2, 0) is 9.59 Å². The number of fused-ring (bicyclic) bond motifs is 5. The van der Waals surface area contributed by atoms with E-state index >= 15 is 0 Å². The van der Waals surface area contributed by atoms with Crippen LogP contribution in [0.15, 0.2) is 41.5 Å². The van der Waals surface area contributed by atoms with Crippen LogP contribution >= 0.6 is 0 Å². The zero-order valence-electron chi connectivity index (χ0n) is 11.8. The molecule has 2 aliphatic carbocycles. The van der Waals surface area contributed by atoms with Crippen molar-refractivity contribution in [3.63, 3.8) is 0 Å². The Morgan fingerprint density at radius 1 is 1.05 bits per heavy atom. The van der Waals surface area contributed by atoms with Crippen LogP contribution in [0, 0.1) is 30.6 Å². The molecule has 2 amide bonds. The molecule has 106 valence electrons. The summed E-state index contributed by atoms with van der Waals surface area (Å²) in [5, 5.41) is 5.23. The molecule has 4 unspecified atom stereocenters. The van der Waals surface area contributed by atoms with Crippen molar-refractivity contribution < 1.29 is 9.59 Å². The lowest BCUT2D eigenvalue weighted by atomic mass is 9.85. The molecule has 1 saturated carbocycles. The Balaban J connectivity index is 1.58. The van der Waals surface area contributed by atoms with Gasteiger partial charge in [0.15, 0.2) is 0 Å². The summed E-state index contributed by atoms with van der Waals surface area (Å²) in [6.07, 6.45) is 6.71. The molecule has 4 atom stereocenters. The Hall–Kier alpha value is -2.23. The maximum atomic E-state index is 12.4. The van der Waals surface area contributed by atoms with E-state index in [-0.39, 0.29) is 35.5 Å². The highest BCUT2D eigenvalue weighted by atomic mass is 16.2. The number of amides is 2. The molecule has 0 N–H and O–H groups in total. The van der Waals surface area contributed by atoms with E-state index in [4.69, 9.17) is 0 Å². The molecule has 4 rings (SSSR count). The number of imide groups is 1. The third-order valence-corrected chi connectivity index (χ3v) is 4.85. The van der Waals surface area contributed by atoms with Crippen LogP contribution in [0.2, 0.25) is 0 Å². The number of allylic oxidation sites excluding steroid dienone is 2. The summed E-state index contributed by atoms with van der Waals surface area (Å²) in [6.45, 7) is 2.01. The first-order valence-corrected chi connectivity index (χ1v) is 7.32. The minimum atomic E-state index is -0.178. The van der Waals surface area contributed by atoms with E-state index in [2.05, 4.69) is 17.3 Å². The fraction of sp³-hybridized carbons (Fsp3) is 0.353. The summed E-state index contributed by atoms with van der Waals surface area (Å²) in [6, 6.07) is 7.81. The molecular formula is C17H16N2O2. The van der Waals surface area contributed by atoms with Crippen molar-refractivity contribution in [1.29, 1.82) is 0 Å². The molecule has 1 aromatic rings. The summed E-state index contributed by atoms with van der Waals surface area (Å²) < 4.78 is 0. The average Bonchev–Trinajstić information content (AvgIpc) is 3.14. The summed E-state index contributed by atoms with van der Waals surface area (Å²) in [4.78, 5) is 24.8. The Labute approximate surface area is 123 Å². The van der Waals surface area contributed by atoms with E-state index in [0.717, 1.165) is 22.6 Å². The van der Waals surface area contributed by atoms with Gasteiger partial charge < -0.3 is 0 Å². The molecule has 2 fully saturated rings. The number of benzene rings is 1. The van der Waals surface area contributed by atoms with Crippen LogP contribution in [0.5, 0.6) is 0 Å². The lowest BCUT2D eigenvalue weighted by molar-refractivity contribution is -0.140. The number of rotatable bonds is 2. The van der Waals surface area contributed by atoms with E-state index in [0.29, 0.717) is 0 Å². The molecule has 1 heterocycles. The molecule has 21 heavy (non-hydrogen) atoms. The molecule has 3 aliphatic rings. The molecule has 1 saturated heterocycles. The van der Waals surface area contributed by atoms with Crippen molar-refractivity contribution in [3.8, 4) is 0 Å². The van der Waals surface area contributed by atoms with Gasteiger partial charge in [0.25, 0.3) is 11.8 Å². The lowest BCUT2D eigenvalue weighted by Gasteiger charge is -2.13. The number of hydrogen-bond acceptors (Lipinski definition) is 3. The second-order valence-electron chi connectivity index (χ2n) is 6.14. The molecule has 0 radical (unpaired) electrons. The van der Waals surface area contributed by atoms with Gasteiger partial charge in [0.05, 0.1) is 18.1 Å². The number of carbonyl (C=O) groups excluding carboxylic acids is 2. The Bertz CT molecular complexity index is 645. The Kier molecular flexibility index (Phi) is 2.61. The molecular weight excluding hydrogens is 264 g/mol. The van der Waals surface area contributed by atoms with E-state index in [9.17, 15) is 9.59 Å². The monoisotopic (exact) mass is 280 g/mol. The SMILES string of the molecule is Cc1ccc(/C=N/N2C(=O)C3C4C=CC(C4)C3C2=O)cc1. The number of carbonyl (C=O) groups is 2. The first-order valence-electron chi connectivity index (χ1n) is 7.32. The Morgan fingerprint density at radius 3 is 2.19 bits per heavy atom. The second-order valence-corrected chi connectivity index (χ2v) is 6.14. The molecule has 4 nitrogen and oxygen atoms in total. The standard InChI is InChI=1S/C17H16N2O2/c1-10-2-4-11(5-3-10)9-18-19-16(20)14-12-6-7-13(8-12)15(14)17(19)21/h2-7,9,12-15H,8H2,1H3/b18-9+. The van der Waals surface area contributed by atoms with Crippen LogP contribution in [0.25, 0.3) is 0 Å². The van der Waals surface area contributed by atoms with E-state index in [1.165, 1.54) is 0 Å². The van der Waals surface area contributed by atoms with Gasteiger partial charge in [-0.3, -0.25) is 9.59 Å². The van der Waals surface area contributed by atoms with Gasteiger partial charge in [-0.15, -0.1) is 0 Å². The smallest absolute Gasteiger partial charge is 0.254 e. The minimum absolute atomic E-state index is 0.134. The summed E-state index contributed by atoms with van der Waals surface area (Å²) in [7, 11) is 0. The molecule has 0 aromatic heterocycles. The highest BCUT2D eigenvalue weighted by Gasteiger charge is 2.59. The van der Waals surface area contributed by atoms with E-state index < -0.39 is 0 Å². The van der Waals surface area contributed by atoms with Crippen molar-refractivity contribution in [2.45, 2.75) is 13.3 Å². The topological polar surface area (TPSA) is 49.7 Å². The van der Waals surface area contributed by atoms with Gasteiger partial charge in [0, 0.05) is 0 Å². The van der Waals surface area contributed by atoms with Gasteiger partial charge in [-0.05, 0) is 30.7 Å². The highest BCUT2D eigenvalue weighted by Crippen LogP contribution is 2.52. The molecule has 1 aromatic carbocycles. The molecule has 0 spiro atoms. The van der Waals surface area contributed by atoms with Crippen molar-refractivity contribution >= 4 is 18.0 Å². The number of hydrazone groups is 1. The fourth-order valence-electron chi connectivity index (χ4n) is 3.78. The van der Waals surface area contributed by atoms with Crippen molar-refractivity contribution in [2.75, 3.05) is 0 Å². The predicted molar refractivity (Wildman–Crippen MR) is 78.3 cm³/mol. The van der Waals surface area contributed by atoms with Crippen LogP contribution in [0.1, 0.15) is 17.5 Å². The van der Waals surface area contributed by atoms with E-state index in [1.54, 1.807) is 6.21 Å². The zero-order chi connectivity index (χ0) is 14.6. The highest BCUT2D eigenvalue weighted by molar-refractivity contribution is 6.06. The number of aryl methyl sites for hydroxylation is 1. The van der Waals surface area contributed by atoms with Crippen LogP contribution in [-0.4, -0.2) is 23.0 Å². The van der Waals surface area contributed by atoms with Gasteiger partial charge in [0.2, 0.25) is 0 Å². The first kappa shape index (κ1) is 12.5. The van der Waals surface area contributed by atoms with Crippen molar-refractivity contribution in [3.05, 3.63) is 47.5 Å². The molecule has 2 bridgehead atoms. The summed E-state index contributed by atoms with van der Waals surface area (Å²) >= 11 is 0. The van der Waals surface area contributed by atoms with Gasteiger partial charge in [-0.25, -0.2) is 0 Å². The quantitative estimate of drug-likeness (QED) is 0.473. The Morgan fingerprint density at radius 2 is 1.62 bits per heavy atom. The van der Waals surface area contributed by atoms with Crippen LogP contribution < -0.4 is 0 Å². The molecule has 4 heteroatoms. The predicted octanol–water partition coefficient (Wildman–Crippen LogP) is 2.14. The maximum Gasteiger partial charge on any atom is 0.254 e. The minimum Gasteiger partial charge on any atom is -0.272 e. The van der Waals surface area contributed by atoms with Gasteiger partial charge in [0.1, 0.15) is 0 Å². The zero-order valence-corrected chi connectivity index (χ0v) is 11.8. The normalized spacial score (nSPS) is 33.5. The summed E-state index contributed by atoms with van der Waals surface area (Å²) in [5.74, 6) is -0.159. The maximum absolute atomic E-state index is 12.4. The average molecular weight is 280 g/mol. The molecule has 1 aliphatic heterocycles. The van der Waals surface area contributed by atoms with E-state index in [1.807, 2.05) is 31.2 Å². The number of hydrogen-bond donors (Lipinski definition) is 0. The first-order chi connectivity index (χ1) is 10.1. The second kappa shape index (κ2) is 4.38. The van der Waals surface area contributed by atoms with Gasteiger partial charge in [-0.2, -0.15) is 10.1 Å². The third-order valence-electron chi connectivity index (χ3n) is 4.85. The van der Waals surface area contributed by atoms with Crippen LogP contribution in [0.4, 0.5) is 0 Å². The lowest BCUT2D eigenvalue weighted by Crippen LogP contribution is -2.28. The summed E-state index contributed by atoms with van der Waals surface area (Å²) in [5.41, 5.74) is 2.05. The third kappa shape index (κ3) is 1.78. The van der Waals surface area contributed by atoms with Gasteiger partial charge in [-0.1, -0.05) is 42.0 Å². The largest absolute Gasteiger partial charge is 0.272 e. The van der Waals surface area contributed by atoms with Crippen molar-refractivity contribution in [2.24, 2.45) is 28.8 Å². The number of nitrogens with zero attached hydrogens (tertiary/aromatic N) is 2.